The second-order valence-corrected chi connectivity index (χ2v) is 20.5. The standard InChI is InChI=1S/C54H101O12P/c1-3-5-7-9-11-13-15-17-19-21-22-23-24-25-26-27-29-31-33-35-37-39-41-43-48(55)65-47(46-64-67(61,62)66-54-52(59)50(57)49(56)51(58)53(54)60)45-63-44-42-40-38-36-34-32-30-28-20-18-16-14-12-10-8-6-4-2/h15,17,21-22,24-25,47,49-54,56-60H,3-14,16,18-20,23,26-46H2,1-2H3,(H,61,62)/b17-15-,22-21-,25-24-. The van der Waals surface area contributed by atoms with E-state index in [1.54, 1.807) is 0 Å². The van der Waals surface area contributed by atoms with Gasteiger partial charge in [-0.1, -0.05) is 217 Å². The molecule has 394 valence electrons. The largest absolute Gasteiger partial charge is 0.472 e. The predicted molar refractivity (Wildman–Crippen MR) is 272 cm³/mol. The number of carbonyl (C=O) groups excluding carboxylic acids is 1. The van der Waals surface area contributed by atoms with Crippen molar-refractivity contribution in [2.75, 3.05) is 19.8 Å². The first-order valence-electron chi connectivity index (χ1n) is 27.3. The molecule has 13 heteroatoms. The van der Waals surface area contributed by atoms with E-state index in [1.807, 2.05) is 0 Å². The Morgan fingerprint density at radius 2 is 0.836 bits per heavy atom. The summed E-state index contributed by atoms with van der Waals surface area (Å²) in [5.74, 6) is -0.481. The maximum absolute atomic E-state index is 12.9. The Morgan fingerprint density at radius 1 is 0.478 bits per heavy atom. The zero-order chi connectivity index (χ0) is 49.1. The molecule has 0 aliphatic heterocycles. The van der Waals surface area contributed by atoms with Crippen LogP contribution in [0.2, 0.25) is 0 Å². The van der Waals surface area contributed by atoms with Crippen molar-refractivity contribution in [3.63, 3.8) is 0 Å². The van der Waals surface area contributed by atoms with Gasteiger partial charge in [-0.15, -0.1) is 0 Å². The average molecular weight is 973 g/mol. The first kappa shape index (κ1) is 63.6. The molecule has 6 N–H and O–H groups in total. The summed E-state index contributed by atoms with van der Waals surface area (Å²) in [6.45, 7) is 4.28. The van der Waals surface area contributed by atoms with Gasteiger partial charge in [0.25, 0.3) is 0 Å². The Bertz CT molecular complexity index is 1250. The summed E-state index contributed by atoms with van der Waals surface area (Å²) >= 11 is 0. The third-order valence-electron chi connectivity index (χ3n) is 12.8. The van der Waals surface area contributed by atoms with Crippen LogP contribution < -0.4 is 0 Å². The fraction of sp³-hybridized carbons (Fsp3) is 0.870. The molecule has 0 bridgehead atoms. The van der Waals surface area contributed by atoms with Crippen LogP contribution in [-0.2, 0) is 27.9 Å². The van der Waals surface area contributed by atoms with Gasteiger partial charge in [0.2, 0.25) is 0 Å². The molecule has 6 atom stereocenters. The summed E-state index contributed by atoms with van der Waals surface area (Å²) in [7, 11) is -5.02. The molecule has 0 spiro atoms. The van der Waals surface area contributed by atoms with Gasteiger partial charge in [0, 0.05) is 13.0 Å². The van der Waals surface area contributed by atoms with Gasteiger partial charge in [-0.25, -0.2) is 4.57 Å². The van der Waals surface area contributed by atoms with Crippen molar-refractivity contribution in [3.8, 4) is 0 Å². The molecule has 0 aromatic heterocycles. The van der Waals surface area contributed by atoms with Gasteiger partial charge < -0.3 is 39.9 Å². The number of unbranched alkanes of at least 4 members (excludes halogenated alkanes) is 29. The van der Waals surface area contributed by atoms with E-state index < -0.39 is 63.1 Å². The highest BCUT2D eigenvalue weighted by Crippen LogP contribution is 2.47. The van der Waals surface area contributed by atoms with Crippen LogP contribution >= 0.6 is 7.82 Å². The van der Waals surface area contributed by atoms with Gasteiger partial charge in [-0.3, -0.25) is 13.8 Å². The van der Waals surface area contributed by atoms with Crippen LogP contribution in [-0.4, -0.2) is 98.9 Å². The molecule has 1 saturated carbocycles. The number of rotatable bonds is 47. The molecule has 0 heterocycles. The molecule has 0 amide bonds. The Kier molecular flexibility index (Phi) is 42.2. The molecule has 6 unspecified atom stereocenters. The Hall–Kier alpha value is -1.44. The van der Waals surface area contributed by atoms with E-state index in [0.717, 1.165) is 64.2 Å². The summed E-state index contributed by atoms with van der Waals surface area (Å²) in [6, 6.07) is 0. The highest BCUT2D eigenvalue weighted by molar-refractivity contribution is 7.47. The molecule has 1 aliphatic rings. The number of hydrogen-bond acceptors (Lipinski definition) is 11. The quantitative estimate of drug-likeness (QED) is 0.0147. The zero-order valence-electron chi connectivity index (χ0n) is 42.5. The van der Waals surface area contributed by atoms with Crippen LogP contribution in [0.4, 0.5) is 0 Å². The molecular formula is C54H101O12P. The fourth-order valence-corrected chi connectivity index (χ4v) is 9.40. The van der Waals surface area contributed by atoms with Crippen molar-refractivity contribution in [3.05, 3.63) is 36.5 Å². The maximum atomic E-state index is 12.9. The Labute approximate surface area is 408 Å². The number of phosphoric ester groups is 1. The van der Waals surface area contributed by atoms with Gasteiger partial charge in [-0.2, -0.15) is 0 Å². The van der Waals surface area contributed by atoms with E-state index in [0.29, 0.717) is 13.0 Å². The van der Waals surface area contributed by atoms with E-state index in [1.165, 1.54) is 148 Å². The molecule has 0 saturated heterocycles. The number of aliphatic hydroxyl groups excluding tert-OH is 5. The zero-order valence-corrected chi connectivity index (χ0v) is 43.4. The number of carbonyl (C=O) groups is 1. The minimum atomic E-state index is -5.02. The summed E-state index contributed by atoms with van der Waals surface area (Å²) in [4.78, 5) is 23.3. The third-order valence-corrected chi connectivity index (χ3v) is 13.8. The number of phosphoric acid groups is 1. The van der Waals surface area contributed by atoms with Crippen molar-refractivity contribution >= 4 is 13.8 Å². The van der Waals surface area contributed by atoms with E-state index in [-0.39, 0.29) is 13.0 Å². The summed E-state index contributed by atoms with van der Waals surface area (Å²) < 4.78 is 34.3. The van der Waals surface area contributed by atoms with E-state index in [4.69, 9.17) is 18.5 Å². The molecule has 12 nitrogen and oxygen atoms in total. The molecule has 1 fully saturated rings. The highest BCUT2D eigenvalue weighted by atomic mass is 31.2. The van der Waals surface area contributed by atoms with Crippen molar-refractivity contribution in [2.45, 2.75) is 281 Å². The molecule has 0 aromatic rings. The smallest absolute Gasteiger partial charge is 0.457 e. The minimum absolute atomic E-state index is 0.0764. The van der Waals surface area contributed by atoms with E-state index in [9.17, 15) is 39.8 Å². The highest BCUT2D eigenvalue weighted by Gasteiger charge is 2.51. The molecule has 0 radical (unpaired) electrons. The molecule has 1 aliphatic carbocycles. The lowest BCUT2D eigenvalue weighted by Gasteiger charge is -2.41. The van der Waals surface area contributed by atoms with Crippen LogP contribution in [0.5, 0.6) is 0 Å². The van der Waals surface area contributed by atoms with E-state index in [2.05, 4.69) is 50.3 Å². The molecular weight excluding hydrogens is 872 g/mol. The first-order chi connectivity index (χ1) is 32.5. The lowest BCUT2D eigenvalue weighted by atomic mass is 9.85. The van der Waals surface area contributed by atoms with Crippen LogP contribution in [0.25, 0.3) is 0 Å². The third kappa shape index (κ3) is 36.2. The molecule has 67 heavy (non-hydrogen) atoms. The number of allylic oxidation sites excluding steroid dienone is 6. The topological polar surface area (TPSA) is 192 Å². The lowest BCUT2D eigenvalue weighted by molar-refractivity contribution is -0.220. The van der Waals surface area contributed by atoms with Crippen molar-refractivity contribution in [1.29, 1.82) is 0 Å². The minimum Gasteiger partial charge on any atom is -0.457 e. The van der Waals surface area contributed by atoms with Gasteiger partial charge in [0.1, 0.15) is 42.7 Å². The van der Waals surface area contributed by atoms with Gasteiger partial charge >= 0.3 is 13.8 Å². The number of aliphatic hydroxyl groups is 5. The monoisotopic (exact) mass is 973 g/mol. The Morgan fingerprint density at radius 3 is 1.27 bits per heavy atom. The maximum Gasteiger partial charge on any atom is 0.472 e. The first-order valence-corrected chi connectivity index (χ1v) is 28.8. The lowest BCUT2D eigenvalue weighted by Crippen LogP contribution is -2.64. The summed E-state index contributed by atoms with van der Waals surface area (Å²) in [5.41, 5.74) is 0. The van der Waals surface area contributed by atoms with E-state index >= 15 is 0 Å². The number of hydrogen-bond donors (Lipinski definition) is 6. The van der Waals surface area contributed by atoms with Gasteiger partial charge in [0.15, 0.2) is 0 Å². The van der Waals surface area contributed by atoms with Crippen LogP contribution in [0.15, 0.2) is 36.5 Å². The normalized spacial score (nSPS) is 21.5. The SMILES string of the molecule is CCCCCCC/C=C\C/C=C\C/C=C\CCCCCCCCCCC(=O)OC(COCCCCCCCCCCCCCCCCCCC)COP(=O)(O)OC1C(O)C(O)C(O)C(O)C1O. The van der Waals surface area contributed by atoms with Crippen molar-refractivity contribution in [2.24, 2.45) is 0 Å². The molecule has 0 aromatic carbocycles. The van der Waals surface area contributed by atoms with Crippen LogP contribution in [0.3, 0.4) is 0 Å². The predicted octanol–water partition coefficient (Wildman–Crippen LogP) is 12.6. The van der Waals surface area contributed by atoms with Crippen LogP contribution in [0, 0.1) is 0 Å². The Balaban J connectivity index is 2.31. The summed E-state index contributed by atoms with van der Waals surface area (Å²) in [6.07, 6.45) is 42.0. The second-order valence-electron chi connectivity index (χ2n) is 19.1. The van der Waals surface area contributed by atoms with Crippen LogP contribution in [0.1, 0.15) is 239 Å². The van der Waals surface area contributed by atoms with Gasteiger partial charge in [0.05, 0.1) is 13.2 Å². The second kappa shape index (κ2) is 44.5. The molecule has 1 rings (SSSR count). The van der Waals surface area contributed by atoms with Crippen molar-refractivity contribution in [1.82, 2.24) is 0 Å². The van der Waals surface area contributed by atoms with Gasteiger partial charge in [-0.05, 0) is 51.4 Å². The summed E-state index contributed by atoms with van der Waals surface area (Å²) in [5, 5.41) is 50.4. The van der Waals surface area contributed by atoms with Crippen molar-refractivity contribution < 1.29 is 58.3 Å². The number of esters is 1. The fourth-order valence-electron chi connectivity index (χ4n) is 8.42. The number of ether oxygens (including phenoxy) is 2. The average Bonchev–Trinajstić information content (AvgIpc) is 3.31.